The number of rotatable bonds is 2. The summed E-state index contributed by atoms with van der Waals surface area (Å²) in [6, 6.07) is 17.2. The molecule has 0 saturated carbocycles. The maximum absolute atomic E-state index is 12.8. The average Bonchev–Trinajstić information content (AvgIpc) is 3.11. The van der Waals surface area contributed by atoms with Crippen molar-refractivity contribution in [3.63, 3.8) is 0 Å². The van der Waals surface area contributed by atoms with Crippen molar-refractivity contribution in [2.24, 2.45) is 0 Å². The number of halogens is 1. The Morgan fingerprint density at radius 2 is 1.81 bits per heavy atom. The number of aromatic nitrogens is 3. The van der Waals surface area contributed by atoms with Gasteiger partial charge in [-0.1, -0.05) is 41.9 Å². The molecule has 2 heterocycles. The minimum absolute atomic E-state index is 0.187. The van der Waals surface area contributed by atoms with Gasteiger partial charge >= 0.3 is 0 Å². The van der Waals surface area contributed by atoms with Gasteiger partial charge in [-0.3, -0.25) is 4.79 Å². The number of hydrogen-bond acceptors (Lipinski definition) is 4. The Hall–Kier alpha value is -2.92. The number of hydrogen-bond donors (Lipinski definition) is 1. The topological polar surface area (TPSA) is 59.8 Å². The summed E-state index contributed by atoms with van der Waals surface area (Å²) in [5.41, 5.74) is 3.71. The van der Waals surface area contributed by atoms with Gasteiger partial charge in [0.1, 0.15) is 6.04 Å². The Bertz CT molecular complexity index is 1050. The number of benzene rings is 2. The molecule has 0 fully saturated rings. The Morgan fingerprint density at radius 3 is 2.59 bits per heavy atom. The van der Waals surface area contributed by atoms with Gasteiger partial charge in [0.15, 0.2) is 11.6 Å². The third-order valence-electron chi connectivity index (χ3n) is 5.09. The van der Waals surface area contributed by atoms with Gasteiger partial charge < -0.3 is 5.32 Å². The highest BCUT2D eigenvalue weighted by atomic mass is 35.5. The second kappa shape index (κ2) is 6.35. The molecule has 2 aliphatic rings. The molecule has 134 valence electrons. The summed E-state index contributed by atoms with van der Waals surface area (Å²) < 4.78 is 1.83. The van der Waals surface area contributed by atoms with E-state index in [1.54, 1.807) is 0 Å². The summed E-state index contributed by atoms with van der Waals surface area (Å²) in [7, 11) is 0. The maximum Gasteiger partial charge on any atom is 0.226 e. The molecular formula is C21H17ClN4O. The highest BCUT2D eigenvalue weighted by molar-refractivity contribution is 6.30. The molecule has 1 unspecified atom stereocenters. The van der Waals surface area contributed by atoms with E-state index in [0.717, 1.165) is 35.2 Å². The normalized spacial score (nSPS) is 18.7. The van der Waals surface area contributed by atoms with Gasteiger partial charge in [-0.2, -0.15) is 4.98 Å². The third kappa shape index (κ3) is 2.75. The van der Waals surface area contributed by atoms with Gasteiger partial charge in [-0.05, 0) is 42.7 Å². The number of nitrogens with one attached hydrogen (secondary N) is 1. The fourth-order valence-corrected chi connectivity index (χ4v) is 3.95. The monoisotopic (exact) mass is 376 g/mol. The van der Waals surface area contributed by atoms with Crippen LogP contribution >= 0.6 is 11.6 Å². The van der Waals surface area contributed by atoms with E-state index < -0.39 is 0 Å². The molecule has 1 atom stereocenters. The lowest BCUT2D eigenvalue weighted by atomic mass is 9.85. The minimum atomic E-state index is -0.251. The Balaban J connectivity index is 1.67. The van der Waals surface area contributed by atoms with Crippen molar-refractivity contribution in [1.29, 1.82) is 0 Å². The van der Waals surface area contributed by atoms with Crippen molar-refractivity contribution in [1.82, 2.24) is 14.8 Å². The van der Waals surface area contributed by atoms with Crippen LogP contribution in [0.3, 0.4) is 0 Å². The Kier molecular flexibility index (Phi) is 3.83. The largest absolute Gasteiger partial charge is 0.328 e. The van der Waals surface area contributed by atoms with E-state index in [-0.39, 0.29) is 11.8 Å². The second-order valence-corrected chi connectivity index (χ2v) is 7.25. The molecular weight excluding hydrogens is 360 g/mol. The van der Waals surface area contributed by atoms with Crippen LogP contribution in [0.1, 0.15) is 30.9 Å². The van der Waals surface area contributed by atoms with Gasteiger partial charge in [0.2, 0.25) is 5.95 Å². The summed E-state index contributed by atoms with van der Waals surface area (Å²) in [5, 5.41) is 8.77. The van der Waals surface area contributed by atoms with E-state index in [0.29, 0.717) is 23.2 Å². The van der Waals surface area contributed by atoms with Crippen LogP contribution in [0.15, 0.2) is 65.9 Å². The zero-order valence-corrected chi connectivity index (χ0v) is 15.3. The summed E-state index contributed by atoms with van der Waals surface area (Å²) in [6.45, 7) is 0. The van der Waals surface area contributed by atoms with Crippen LogP contribution in [0.5, 0.6) is 0 Å². The molecule has 0 amide bonds. The average molecular weight is 377 g/mol. The van der Waals surface area contributed by atoms with Gasteiger partial charge in [0.25, 0.3) is 0 Å². The van der Waals surface area contributed by atoms with Gasteiger partial charge in [0, 0.05) is 28.3 Å². The lowest BCUT2D eigenvalue weighted by molar-refractivity contribution is -0.116. The fourth-order valence-electron chi connectivity index (χ4n) is 3.82. The molecule has 27 heavy (non-hydrogen) atoms. The first-order valence-corrected chi connectivity index (χ1v) is 9.39. The summed E-state index contributed by atoms with van der Waals surface area (Å²) in [6.07, 6.45) is 2.30. The number of Topliss-reactive ketones (excluding diaryl/α,β-unsaturated/α-hetero) is 1. The quantitative estimate of drug-likeness (QED) is 0.708. The number of fused-ring (bicyclic) bond motifs is 1. The van der Waals surface area contributed by atoms with Crippen molar-refractivity contribution in [3.05, 3.63) is 76.5 Å². The van der Waals surface area contributed by atoms with E-state index >= 15 is 0 Å². The molecule has 6 heteroatoms. The van der Waals surface area contributed by atoms with E-state index in [1.165, 1.54) is 0 Å². The van der Waals surface area contributed by atoms with Crippen LogP contribution in [0.25, 0.3) is 11.4 Å². The highest BCUT2D eigenvalue weighted by Gasteiger charge is 2.36. The molecule has 1 aromatic heterocycles. The molecule has 0 spiro atoms. The standard InChI is InChI=1S/C21H17ClN4O/c22-15-11-9-14(10-12-15)20-24-21-23-16-7-4-8-17(27)18(16)19(26(21)25-20)13-5-2-1-3-6-13/h1-3,5-6,9-12,19H,4,7-8H2,(H,23,24,25). The van der Waals surface area contributed by atoms with Crippen molar-refractivity contribution in [2.75, 3.05) is 5.32 Å². The number of nitrogens with zero attached hydrogens (tertiary/aromatic N) is 3. The van der Waals surface area contributed by atoms with E-state index in [4.69, 9.17) is 21.7 Å². The number of ketones is 1. The van der Waals surface area contributed by atoms with Crippen LogP contribution in [0, 0.1) is 0 Å². The fraction of sp³-hybridized carbons (Fsp3) is 0.190. The Morgan fingerprint density at radius 1 is 1.04 bits per heavy atom. The van der Waals surface area contributed by atoms with Gasteiger partial charge in [-0.15, -0.1) is 5.10 Å². The number of allylic oxidation sites excluding steroid dienone is 2. The predicted molar refractivity (Wildman–Crippen MR) is 105 cm³/mol. The van der Waals surface area contributed by atoms with Gasteiger partial charge in [-0.25, -0.2) is 4.68 Å². The first kappa shape index (κ1) is 16.3. The number of carbonyl (C=O) groups is 1. The molecule has 5 nitrogen and oxygen atoms in total. The van der Waals surface area contributed by atoms with Crippen LogP contribution in [-0.2, 0) is 4.79 Å². The third-order valence-corrected chi connectivity index (χ3v) is 5.34. The SMILES string of the molecule is O=C1CCCC2=C1C(c1ccccc1)n1nc(-c3ccc(Cl)cc3)nc1N2. The second-order valence-electron chi connectivity index (χ2n) is 6.82. The van der Waals surface area contributed by atoms with Crippen molar-refractivity contribution in [2.45, 2.75) is 25.3 Å². The molecule has 0 bridgehead atoms. The minimum Gasteiger partial charge on any atom is -0.328 e. The molecule has 2 aromatic carbocycles. The predicted octanol–water partition coefficient (Wildman–Crippen LogP) is 4.62. The maximum atomic E-state index is 12.8. The molecule has 5 rings (SSSR count). The van der Waals surface area contributed by atoms with E-state index in [1.807, 2.05) is 59.3 Å². The summed E-state index contributed by atoms with van der Waals surface area (Å²) in [5.74, 6) is 1.47. The molecule has 3 aromatic rings. The zero-order chi connectivity index (χ0) is 18.4. The first-order chi connectivity index (χ1) is 13.2. The summed E-state index contributed by atoms with van der Waals surface area (Å²) >= 11 is 6.00. The Labute approximate surface area is 161 Å². The zero-order valence-electron chi connectivity index (χ0n) is 14.5. The van der Waals surface area contributed by atoms with Crippen LogP contribution in [0.2, 0.25) is 5.02 Å². The highest BCUT2D eigenvalue weighted by Crippen LogP contribution is 2.40. The lowest BCUT2D eigenvalue weighted by Crippen LogP contribution is -2.31. The first-order valence-electron chi connectivity index (χ1n) is 9.01. The molecule has 1 aliphatic carbocycles. The van der Waals surface area contributed by atoms with E-state index in [9.17, 15) is 4.79 Å². The van der Waals surface area contributed by atoms with Crippen molar-refractivity contribution >= 4 is 23.3 Å². The lowest BCUT2D eigenvalue weighted by Gasteiger charge is -2.32. The molecule has 0 saturated heterocycles. The van der Waals surface area contributed by atoms with Crippen LogP contribution < -0.4 is 5.32 Å². The molecule has 0 radical (unpaired) electrons. The molecule has 1 aliphatic heterocycles. The van der Waals surface area contributed by atoms with Crippen molar-refractivity contribution < 1.29 is 4.79 Å². The van der Waals surface area contributed by atoms with E-state index in [2.05, 4.69) is 5.32 Å². The summed E-state index contributed by atoms with van der Waals surface area (Å²) in [4.78, 5) is 17.5. The van der Waals surface area contributed by atoms with Crippen molar-refractivity contribution in [3.8, 4) is 11.4 Å². The van der Waals surface area contributed by atoms with Crippen LogP contribution in [0.4, 0.5) is 5.95 Å². The smallest absolute Gasteiger partial charge is 0.226 e. The number of anilines is 1. The molecule has 1 N–H and O–H groups in total. The number of carbonyl (C=O) groups excluding carboxylic acids is 1. The van der Waals surface area contributed by atoms with Crippen LogP contribution in [-0.4, -0.2) is 20.5 Å². The van der Waals surface area contributed by atoms with Gasteiger partial charge in [0.05, 0.1) is 0 Å².